The quantitative estimate of drug-likeness (QED) is 0.854. The molecule has 1 N–H and O–H groups in total. The Balaban J connectivity index is 2.47. The number of aliphatic hydroxyl groups is 1. The number of rotatable bonds is 3. The van der Waals surface area contributed by atoms with E-state index in [4.69, 9.17) is 23.2 Å². The minimum Gasteiger partial charge on any atom is -0.389 e. The fraction of sp³-hybridized carbons (Fsp3) is 0.250. The van der Waals surface area contributed by atoms with Gasteiger partial charge >= 0.3 is 0 Å². The molecule has 2 aromatic carbocycles. The Morgan fingerprint density at radius 1 is 0.789 bits per heavy atom. The lowest BCUT2D eigenvalue weighted by Crippen LogP contribution is -2.29. The highest BCUT2D eigenvalue weighted by molar-refractivity contribution is 6.30. The molecule has 0 unspecified atom stereocenters. The second kappa shape index (κ2) is 5.54. The summed E-state index contributed by atoms with van der Waals surface area (Å²) in [5, 5.41) is 11.8. The average molecular weight is 295 g/mol. The van der Waals surface area contributed by atoms with Crippen LogP contribution >= 0.6 is 23.2 Å². The summed E-state index contributed by atoms with van der Waals surface area (Å²) in [6, 6.07) is 15.1. The third-order valence-corrected chi connectivity index (χ3v) is 3.62. The summed E-state index contributed by atoms with van der Waals surface area (Å²) in [6.45, 7) is 3.61. The maximum absolute atomic E-state index is 10.5. The van der Waals surface area contributed by atoms with Crippen molar-refractivity contribution in [2.75, 3.05) is 0 Å². The van der Waals surface area contributed by atoms with Gasteiger partial charge in [0.15, 0.2) is 0 Å². The second-order valence-electron chi connectivity index (χ2n) is 5.19. The SMILES string of the molecule is CC(C)(O)C(c1ccc(Cl)cc1)c1ccc(Cl)cc1. The Morgan fingerprint density at radius 3 is 1.37 bits per heavy atom. The molecule has 0 radical (unpaired) electrons. The van der Waals surface area contributed by atoms with Gasteiger partial charge in [-0.2, -0.15) is 0 Å². The van der Waals surface area contributed by atoms with Crippen LogP contribution in [0.15, 0.2) is 48.5 Å². The highest BCUT2D eigenvalue weighted by Crippen LogP contribution is 2.35. The highest BCUT2D eigenvalue weighted by atomic mass is 35.5. The number of halogens is 2. The van der Waals surface area contributed by atoms with Crippen LogP contribution in [-0.4, -0.2) is 10.7 Å². The van der Waals surface area contributed by atoms with Crippen molar-refractivity contribution >= 4 is 23.2 Å². The standard InChI is InChI=1S/C16H16Cl2O/c1-16(2,19)15(11-3-7-13(17)8-4-11)12-5-9-14(18)10-6-12/h3-10,15,19H,1-2H3. The van der Waals surface area contributed by atoms with Crippen molar-refractivity contribution in [2.45, 2.75) is 25.4 Å². The van der Waals surface area contributed by atoms with Crippen LogP contribution in [0.3, 0.4) is 0 Å². The molecule has 0 spiro atoms. The molecule has 0 atom stereocenters. The largest absolute Gasteiger partial charge is 0.389 e. The van der Waals surface area contributed by atoms with E-state index in [0.717, 1.165) is 11.1 Å². The van der Waals surface area contributed by atoms with E-state index in [0.29, 0.717) is 10.0 Å². The molecular formula is C16H16Cl2O. The fourth-order valence-corrected chi connectivity index (χ4v) is 2.57. The minimum atomic E-state index is -0.873. The second-order valence-corrected chi connectivity index (χ2v) is 6.06. The van der Waals surface area contributed by atoms with Gasteiger partial charge in [0, 0.05) is 16.0 Å². The van der Waals surface area contributed by atoms with Gasteiger partial charge < -0.3 is 5.11 Å². The molecule has 0 saturated heterocycles. The predicted molar refractivity (Wildman–Crippen MR) is 81.0 cm³/mol. The van der Waals surface area contributed by atoms with Crippen LogP contribution in [0, 0.1) is 0 Å². The first-order valence-electron chi connectivity index (χ1n) is 6.11. The molecule has 0 aliphatic rings. The first-order valence-corrected chi connectivity index (χ1v) is 6.87. The molecule has 1 nitrogen and oxygen atoms in total. The van der Waals surface area contributed by atoms with Gasteiger partial charge in [-0.15, -0.1) is 0 Å². The predicted octanol–water partition coefficient (Wildman–Crippen LogP) is 4.90. The van der Waals surface area contributed by atoms with Crippen LogP contribution in [-0.2, 0) is 0 Å². The van der Waals surface area contributed by atoms with E-state index in [2.05, 4.69) is 0 Å². The summed E-state index contributed by atoms with van der Waals surface area (Å²) in [4.78, 5) is 0. The number of hydrogen-bond acceptors (Lipinski definition) is 1. The van der Waals surface area contributed by atoms with E-state index in [1.54, 1.807) is 13.8 Å². The molecule has 2 rings (SSSR count). The highest BCUT2D eigenvalue weighted by Gasteiger charge is 2.29. The molecule has 19 heavy (non-hydrogen) atoms. The minimum absolute atomic E-state index is 0.123. The molecular weight excluding hydrogens is 279 g/mol. The summed E-state index contributed by atoms with van der Waals surface area (Å²) in [7, 11) is 0. The van der Waals surface area contributed by atoms with Gasteiger partial charge in [0.1, 0.15) is 0 Å². The molecule has 0 heterocycles. The molecule has 0 fully saturated rings. The van der Waals surface area contributed by atoms with E-state index in [1.165, 1.54) is 0 Å². The number of hydrogen-bond donors (Lipinski definition) is 1. The van der Waals surface area contributed by atoms with Crippen molar-refractivity contribution in [2.24, 2.45) is 0 Å². The molecule has 3 heteroatoms. The average Bonchev–Trinajstić information content (AvgIpc) is 2.33. The van der Waals surface area contributed by atoms with Crippen molar-refractivity contribution < 1.29 is 5.11 Å². The summed E-state index contributed by atoms with van der Waals surface area (Å²) in [5.41, 5.74) is 1.18. The summed E-state index contributed by atoms with van der Waals surface area (Å²) < 4.78 is 0. The maximum Gasteiger partial charge on any atom is 0.0700 e. The molecule has 0 aliphatic carbocycles. The van der Waals surface area contributed by atoms with E-state index >= 15 is 0 Å². The van der Waals surface area contributed by atoms with E-state index in [9.17, 15) is 5.11 Å². The van der Waals surface area contributed by atoms with Gasteiger partial charge in [-0.25, -0.2) is 0 Å². The third-order valence-electron chi connectivity index (χ3n) is 3.11. The van der Waals surface area contributed by atoms with Crippen LogP contribution in [0.2, 0.25) is 10.0 Å². The molecule has 2 aromatic rings. The normalized spacial score (nSPS) is 11.9. The van der Waals surface area contributed by atoms with Crippen LogP contribution in [0.1, 0.15) is 30.9 Å². The van der Waals surface area contributed by atoms with E-state index in [-0.39, 0.29) is 5.92 Å². The lowest BCUT2D eigenvalue weighted by Gasteiger charge is -2.30. The monoisotopic (exact) mass is 294 g/mol. The van der Waals surface area contributed by atoms with Crippen molar-refractivity contribution in [3.63, 3.8) is 0 Å². The molecule has 0 bridgehead atoms. The fourth-order valence-electron chi connectivity index (χ4n) is 2.32. The van der Waals surface area contributed by atoms with Gasteiger partial charge in [-0.05, 0) is 49.2 Å². The first-order chi connectivity index (χ1) is 8.88. The van der Waals surface area contributed by atoms with Crippen molar-refractivity contribution in [1.82, 2.24) is 0 Å². The lowest BCUT2D eigenvalue weighted by atomic mass is 9.79. The van der Waals surface area contributed by atoms with Crippen molar-refractivity contribution in [3.05, 3.63) is 69.7 Å². The summed E-state index contributed by atoms with van der Waals surface area (Å²) >= 11 is 11.8. The molecule has 0 saturated carbocycles. The van der Waals surface area contributed by atoms with Crippen molar-refractivity contribution in [1.29, 1.82) is 0 Å². The summed E-state index contributed by atoms with van der Waals surface area (Å²) in [6.07, 6.45) is 0. The van der Waals surface area contributed by atoms with Gasteiger partial charge in [0.2, 0.25) is 0 Å². The van der Waals surface area contributed by atoms with Crippen LogP contribution in [0.5, 0.6) is 0 Å². The molecule has 0 aromatic heterocycles. The zero-order valence-electron chi connectivity index (χ0n) is 10.9. The van der Waals surface area contributed by atoms with Gasteiger partial charge in [0.25, 0.3) is 0 Å². The topological polar surface area (TPSA) is 20.2 Å². The lowest BCUT2D eigenvalue weighted by molar-refractivity contribution is 0.0628. The Hall–Kier alpha value is -1.02. The van der Waals surface area contributed by atoms with Crippen LogP contribution < -0.4 is 0 Å². The molecule has 0 aliphatic heterocycles. The Labute approximate surface area is 123 Å². The molecule has 0 amide bonds. The van der Waals surface area contributed by atoms with Gasteiger partial charge in [0.05, 0.1) is 5.60 Å². The third kappa shape index (κ3) is 3.50. The zero-order valence-corrected chi connectivity index (χ0v) is 12.4. The Morgan fingerprint density at radius 2 is 1.11 bits per heavy atom. The molecule has 100 valence electrons. The Bertz CT molecular complexity index is 493. The van der Waals surface area contributed by atoms with Crippen LogP contribution in [0.25, 0.3) is 0 Å². The van der Waals surface area contributed by atoms with Crippen LogP contribution in [0.4, 0.5) is 0 Å². The van der Waals surface area contributed by atoms with E-state index in [1.807, 2.05) is 48.5 Å². The van der Waals surface area contributed by atoms with Gasteiger partial charge in [-0.3, -0.25) is 0 Å². The zero-order chi connectivity index (χ0) is 14.0. The van der Waals surface area contributed by atoms with E-state index < -0.39 is 5.60 Å². The number of benzene rings is 2. The Kier molecular flexibility index (Phi) is 4.19. The maximum atomic E-state index is 10.5. The van der Waals surface area contributed by atoms with Gasteiger partial charge in [-0.1, -0.05) is 47.5 Å². The van der Waals surface area contributed by atoms with Crippen molar-refractivity contribution in [3.8, 4) is 0 Å². The first kappa shape index (κ1) is 14.4. The smallest absolute Gasteiger partial charge is 0.0700 e. The summed E-state index contributed by atoms with van der Waals surface area (Å²) in [5.74, 6) is -0.123.